The summed E-state index contributed by atoms with van der Waals surface area (Å²) >= 11 is 0. The Morgan fingerprint density at radius 3 is 2.25 bits per heavy atom. The van der Waals surface area contributed by atoms with E-state index in [-0.39, 0.29) is 17.2 Å². The lowest BCUT2D eigenvalue weighted by molar-refractivity contribution is -0.154. The summed E-state index contributed by atoms with van der Waals surface area (Å²) in [5.41, 5.74) is 5.95. The summed E-state index contributed by atoms with van der Waals surface area (Å²) in [7, 11) is -1.96. The van der Waals surface area contributed by atoms with Crippen molar-refractivity contribution in [2.24, 2.45) is 5.73 Å². The van der Waals surface area contributed by atoms with Crippen LogP contribution in [0.5, 0.6) is 5.75 Å². The van der Waals surface area contributed by atoms with E-state index >= 15 is 0 Å². The monoisotopic (exact) mass is 292 g/mol. The zero-order valence-electron chi connectivity index (χ0n) is 12.9. The molecule has 0 bridgehead atoms. The average Bonchev–Trinajstić information content (AvgIpc) is 2.37. The van der Waals surface area contributed by atoms with Crippen molar-refractivity contribution in [1.82, 2.24) is 4.57 Å². The number of para-hydroxylation sites is 1. The number of ether oxygens (including phenoxy) is 1. The molecule has 0 aliphatic carbocycles. The summed E-state index contributed by atoms with van der Waals surface area (Å²) < 4.78 is 7.85. The fraction of sp³-hybridized carbons (Fsp3) is 0.533. The van der Waals surface area contributed by atoms with Crippen LogP contribution >= 0.6 is 0 Å². The molecule has 0 spiro atoms. The molecule has 1 aliphatic rings. The maximum Gasteiger partial charge on any atom is 0.240 e. The van der Waals surface area contributed by atoms with Gasteiger partial charge in [0.2, 0.25) is 5.91 Å². The summed E-state index contributed by atoms with van der Waals surface area (Å²) in [6, 6.07) is 8.99. The highest BCUT2D eigenvalue weighted by Crippen LogP contribution is 2.42. The summed E-state index contributed by atoms with van der Waals surface area (Å²) in [5, 5.41) is 0.0705. The first-order chi connectivity index (χ1) is 9.16. The van der Waals surface area contributed by atoms with Crippen LogP contribution in [-0.2, 0) is 4.79 Å². The Kier molecular flexibility index (Phi) is 3.69. The number of carbonyl (C=O) groups is 1. The molecule has 2 rings (SSSR count). The minimum atomic E-state index is -1.96. The van der Waals surface area contributed by atoms with Gasteiger partial charge in [0.25, 0.3) is 0 Å². The first kappa shape index (κ1) is 15.1. The van der Waals surface area contributed by atoms with E-state index in [4.69, 9.17) is 10.5 Å². The van der Waals surface area contributed by atoms with Crippen molar-refractivity contribution in [2.75, 3.05) is 0 Å². The largest absolute Gasteiger partial charge is 0.469 e. The molecule has 5 heteroatoms. The van der Waals surface area contributed by atoms with E-state index in [1.165, 1.54) is 0 Å². The number of β-lactam (4-membered cyclic amide) rings is 1. The van der Waals surface area contributed by atoms with Gasteiger partial charge in [0, 0.05) is 0 Å². The van der Waals surface area contributed by atoms with Crippen LogP contribution in [0.1, 0.15) is 20.8 Å². The van der Waals surface area contributed by atoms with Crippen LogP contribution in [0.3, 0.4) is 0 Å². The molecule has 0 unspecified atom stereocenters. The Morgan fingerprint density at radius 1 is 1.20 bits per heavy atom. The van der Waals surface area contributed by atoms with Crippen LogP contribution < -0.4 is 10.5 Å². The number of nitrogens with two attached hydrogens (primary N) is 1. The second-order valence-electron chi connectivity index (χ2n) is 6.86. The fourth-order valence-electron chi connectivity index (χ4n) is 2.21. The molecule has 1 aromatic carbocycles. The molecule has 1 saturated heterocycles. The number of benzene rings is 1. The number of carbonyl (C=O) groups excluding carboxylic acids is 1. The van der Waals surface area contributed by atoms with Gasteiger partial charge in [-0.25, -0.2) is 0 Å². The summed E-state index contributed by atoms with van der Waals surface area (Å²) in [6.07, 6.45) is -0.342. The molecular weight excluding hydrogens is 268 g/mol. The van der Waals surface area contributed by atoms with Crippen molar-refractivity contribution >= 4 is 14.1 Å². The molecule has 2 atom stereocenters. The molecular formula is C15H24N2O2Si. The maximum atomic E-state index is 12.2. The molecule has 1 aliphatic heterocycles. The van der Waals surface area contributed by atoms with E-state index in [0.717, 1.165) is 5.75 Å². The standard InChI is InChI=1S/C15H24N2O2Si/c1-15(2,3)20(4,5)17-13(18)12(16)14(17)19-11-9-7-6-8-10-11/h6-10,12,14H,16H2,1-5H3/t12-,14+/m1/s1. The van der Waals surface area contributed by atoms with Crippen LogP contribution in [-0.4, -0.2) is 31.0 Å². The lowest BCUT2D eigenvalue weighted by atomic mass is 10.1. The summed E-state index contributed by atoms with van der Waals surface area (Å²) in [4.78, 5) is 12.2. The van der Waals surface area contributed by atoms with Crippen LogP contribution in [0.4, 0.5) is 0 Å². The van der Waals surface area contributed by atoms with E-state index < -0.39 is 14.3 Å². The number of rotatable bonds is 3. The van der Waals surface area contributed by atoms with Gasteiger partial charge in [0.15, 0.2) is 14.5 Å². The average molecular weight is 292 g/mol. The van der Waals surface area contributed by atoms with Gasteiger partial charge in [0.1, 0.15) is 11.8 Å². The minimum absolute atomic E-state index is 0.0116. The highest BCUT2D eigenvalue weighted by atomic mass is 28.3. The molecule has 0 radical (unpaired) electrons. The molecule has 0 aromatic heterocycles. The Hall–Kier alpha value is -1.33. The smallest absolute Gasteiger partial charge is 0.240 e. The second-order valence-corrected chi connectivity index (χ2v) is 12.0. The lowest BCUT2D eigenvalue weighted by Gasteiger charge is -2.56. The third kappa shape index (κ3) is 2.36. The number of hydrogen-bond acceptors (Lipinski definition) is 3. The van der Waals surface area contributed by atoms with E-state index in [9.17, 15) is 4.79 Å². The molecule has 0 saturated carbocycles. The van der Waals surface area contributed by atoms with Gasteiger partial charge in [-0.3, -0.25) is 4.79 Å². The fourth-order valence-corrected chi connectivity index (χ4v) is 4.48. The normalized spacial score (nSPS) is 23.5. The van der Waals surface area contributed by atoms with Gasteiger partial charge in [-0.1, -0.05) is 52.1 Å². The molecule has 1 aromatic rings. The van der Waals surface area contributed by atoms with Crippen molar-refractivity contribution in [3.8, 4) is 5.75 Å². The Balaban J connectivity index is 2.22. The molecule has 20 heavy (non-hydrogen) atoms. The topological polar surface area (TPSA) is 55.6 Å². The molecule has 4 nitrogen and oxygen atoms in total. The van der Waals surface area contributed by atoms with Gasteiger partial charge >= 0.3 is 0 Å². The van der Waals surface area contributed by atoms with Gasteiger partial charge in [-0.15, -0.1) is 0 Å². The SMILES string of the molecule is CC(C)(C)[Si](C)(C)N1C(=O)[C@@H](N)[C@@H]1Oc1ccccc1. The molecule has 110 valence electrons. The van der Waals surface area contributed by atoms with Crippen LogP contribution in [0.25, 0.3) is 0 Å². The molecule has 1 heterocycles. The van der Waals surface area contributed by atoms with Crippen molar-refractivity contribution in [2.45, 2.75) is 51.2 Å². The Morgan fingerprint density at radius 2 is 1.75 bits per heavy atom. The zero-order chi connectivity index (χ0) is 15.1. The lowest BCUT2D eigenvalue weighted by Crippen LogP contribution is -2.79. The molecule has 1 fully saturated rings. The summed E-state index contributed by atoms with van der Waals surface area (Å²) in [5.74, 6) is 0.765. The van der Waals surface area contributed by atoms with Crippen LogP contribution in [0, 0.1) is 0 Å². The van der Waals surface area contributed by atoms with Gasteiger partial charge < -0.3 is 15.0 Å². The highest BCUT2D eigenvalue weighted by Gasteiger charge is 2.57. The van der Waals surface area contributed by atoms with Crippen molar-refractivity contribution in [3.63, 3.8) is 0 Å². The third-order valence-corrected chi connectivity index (χ3v) is 9.87. The van der Waals surface area contributed by atoms with Crippen LogP contribution in [0.2, 0.25) is 18.1 Å². The number of nitrogens with zero attached hydrogens (tertiary/aromatic N) is 1. The quantitative estimate of drug-likeness (QED) is 0.688. The summed E-state index contributed by atoms with van der Waals surface area (Å²) in [6.45, 7) is 10.9. The zero-order valence-corrected chi connectivity index (χ0v) is 13.9. The van der Waals surface area contributed by atoms with Crippen molar-refractivity contribution in [3.05, 3.63) is 30.3 Å². The minimum Gasteiger partial charge on any atom is -0.469 e. The first-order valence-electron chi connectivity index (χ1n) is 6.97. The Bertz CT molecular complexity index is 496. The molecule has 1 amide bonds. The predicted octanol–water partition coefficient (Wildman–Crippen LogP) is 2.57. The van der Waals surface area contributed by atoms with Gasteiger partial charge in [0.05, 0.1) is 0 Å². The first-order valence-corrected chi connectivity index (χ1v) is 9.91. The highest BCUT2D eigenvalue weighted by molar-refractivity contribution is 6.80. The predicted molar refractivity (Wildman–Crippen MR) is 82.9 cm³/mol. The van der Waals surface area contributed by atoms with E-state index in [1.54, 1.807) is 0 Å². The van der Waals surface area contributed by atoms with E-state index in [0.29, 0.717) is 0 Å². The van der Waals surface area contributed by atoms with E-state index in [1.807, 2.05) is 34.9 Å². The second kappa shape index (κ2) is 4.89. The number of amides is 1. The van der Waals surface area contributed by atoms with Crippen molar-refractivity contribution < 1.29 is 9.53 Å². The maximum absolute atomic E-state index is 12.2. The third-order valence-electron chi connectivity index (χ3n) is 4.52. The van der Waals surface area contributed by atoms with Crippen molar-refractivity contribution in [1.29, 1.82) is 0 Å². The van der Waals surface area contributed by atoms with E-state index in [2.05, 4.69) is 33.9 Å². The van der Waals surface area contributed by atoms with Crippen LogP contribution in [0.15, 0.2) is 30.3 Å². The number of hydrogen-bond donors (Lipinski definition) is 1. The Labute approximate surface area is 122 Å². The van der Waals surface area contributed by atoms with Gasteiger partial charge in [-0.05, 0) is 17.2 Å². The van der Waals surface area contributed by atoms with Gasteiger partial charge in [-0.2, -0.15) is 0 Å². The molecule has 2 N–H and O–H groups in total.